The van der Waals surface area contributed by atoms with Crippen molar-refractivity contribution in [3.8, 4) is 0 Å². The van der Waals surface area contributed by atoms with E-state index in [-0.39, 0.29) is 0 Å². The van der Waals surface area contributed by atoms with Crippen LogP contribution in [0.25, 0.3) is 0 Å². The van der Waals surface area contributed by atoms with E-state index in [1.165, 1.54) is 44.3 Å². The van der Waals surface area contributed by atoms with E-state index in [4.69, 9.17) is 0 Å². The molecule has 1 unspecified atom stereocenters. The zero-order valence-electron chi connectivity index (χ0n) is 9.86. The SMILES string of the molecule is c1cn(C2CCNC2)c(C2CCCCC2)n1. The summed E-state index contributed by atoms with van der Waals surface area (Å²) in [6.45, 7) is 2.28. The number of imidazole rings is 1. The fourth-order valence-electron chi connectivity index (χ4n) is 3.19. The fourth-order valence-corrected chi connectivity index (χ4v) is 3.19. The highest BCUT2D eigenvalue weighted by molar-refractivity contribution is 5.04. The second kappa shape index (κ2) is 4.58. The Kier molecular flexibility index (Phi) is 2.96. The van der Waals surface area contributed by atoms with Gasteiger partial charge in [0.2, 0.25) is 0 Å². The van der Waals surface area contributed by atoms with Gasteiger partial charge in [0.15, 0.2) is 0 Å². The van der Waals surface area contributed by atoms with Gasteiger partial charge in [-0.15, -0.1) is 0 Å². The predicted molar refractivity (Wildman–Crippen MR) is 64.6 cm³/mol. The van der Waals surface area contributed by atoms with Crippen molar-refractivity contribution in [2.24, 2.45) is 0 Å². The van der Waals surface area contributed by atoms with Gasteiger partial charge in [-0.3, -0.25) is 0 Å². The van der Waals surface area contributed by atoms with Crippen LogP contribution in [0.5, 0.6) is 0 Å². The van der Waals surface area contributed by atoms with Crippen molar-refractivity contribution in [1.29, 1.82) is 0 Å². The molecule has 2 heterocycles. The first-order valence-corrected chi connectivity index (χ1v) is 6.68. The predicted octanol–water partition coefficient (Wildman–Crippen LogP) is 2.47. The molecular weight excluding hydrogens is 198 g/mol. The van der Waals surface area contributed by atoms with Gasteiger partial charge in [-0.05, 0) is 25.8 Å². The molecule has 1 aliphatic carbocycles. The lowest BCUT2D eigenvalue weighted by Crippen LogP contribution is -2.18. The van der Waals surface area contributed by atoms with Gasteiger partial charge in [-0.25, -0.2) is 4.98 Å². The van der Waals surface area contributed by atoms with Crippen molar-refractivity contribution < 1.29 is 0 Å². The lowest BCUT2D eigenvalue weighted by Gasteiger charge is -2.24. The molecule has 1 saturated carbocycles. The summed E-state index contributed by atoms with van der Waals surface area (Å²) < 4.78 is 2.44. The average Bonchev–Trinajstić information content (AvgIpc) is 3.01. The minimum Gasteiger partial charge on any atom is -0.330 e. The van der Waals surface area contributed by atoms with Gasteiger partial charge in [0.05, 0.1) is 0 Å². The van der Waals surface area contributed by atoms with Crippen molar-refractivity contribution >= 4 is 0 Å². The maximum atomic E-state index is 4.62. The summed E-state index contributed by atoms with van der Waals surface area (Å²) in [7, 11) is 0. The van der Waals surface area contributed by atoms with Crippen LogP contribution in [0.4, 0.5) is 0 Å². The van der Waals surface area contributed by atoms with Crippen molar-refractivity contribution in [2.45, 2.75) is 50.5 Å². The van der Waals surface area contributed by atoms with E-state index >= 15 is 0 Å². The Morgan fingerprint density at radius 3 is 2.81 bits per heavy atom. The summed E-state index contributed by atoms with van der Waals surface area (Å²) >= 11 is 0. The van der Waals surface area contributed by atoms with Gasteiger partial charge < -0.3 is 9.88 Å². The monoisotopic (exact) mass is 219 g/mol. The molecule has 88 valence electrons. The fraction of sp³-hybridized carbons (Fsp3) is 0.769. The first kappa shape index (κ1) is 10.3. The molecular formula is C13H21N3. The van der Waals surface area contributed by atoms with E-state index in [0.29, 0.717) is 6.04 Å². The molecule has 0 spiro atoms. The zero-order valence-corrected chi connectivity index (χ0v) is 9.86. The normalized spacial score (nSPS) is 27.4. The van der Waals surface area contributed by atoms with E-state index in [9.17, 15) is 0 Å². The van der Waals surface area contributed by atoms with Crippen molar-refractivity contribution in [3.63, 3.8) is 0 Å². The maximum absolute atomic E-state index is 4.62. The minimum atomic E-state index is 0.652. The van der Waals surface area contributed by atoms with E-state index in [1.54, 1.807) is 0 Å². The number of nitrogens with zero attached hydrogens (tertiary/aromatic N) is 2. The first-order chi connectivity index (χ1) is 7.95. The zero-order chi connectivity index (χ0) is 10.8. The van der Waals surface area contributed by atoms with Crippen LogP contribution in [0.3, 0.4) is 0 Å². The Morgan fingerprint density at radius 1 is 1.19 bits per heavy atom. The third kappa shape index (κ3) is 1.88. The number of nitrogens with one attached hydrogen (secondary N) is 1. The van der Waals surface area contributed by atoms with Crippen molar-refractivity contribution in [2.75, 3.05) is 13.1 Å². The number of hydrogen-bond donors (Lipinski definition) is 1. The molecule has 1 saturated heterocycles. The van der Waals surface area contributed by atoms with Crippen molar-refractivity contribution in [3.05, 3.63) is 18.2 Å². The van der Waals surface area contributed by atoms with Crippen LogP contribution in [-0.4, -0.2) is 22.6 Å². The van der Waals surface area contributed by atoms with E-state index < -0.39 is 0 Å². The quantitative estimate of drug-likeness (QED) is 0.828. The third-order valence-electron chi connectivity index (χ3n) is 4.10. The molecule has 1 atom stereocenters. The molecule has 0 radical (unpaired) electrons. The van der Waals surface area contributed by atoms with Crippen LogP contribution < -0.4 is 5.32 Å². The lowest BCUT2D eigenvalue weighted by atomic mass is 9.88. The van der Waals surface area contributed by atoms with E-state index in [1.807, 2.05) is 6.20 Å². The summed E-state index contributed by atoms with van der Waals surface area (Å²) in [5, 5.41) is 3.44. The van der Waals surface area contributed by atoms with Gasteiger partial charge in [-0.1, -0.05) is 19.3 Å². The second-order valence-corrected chi connectivity index (χ2v) is 5.17. The summed E-state index contributed by atoms with van der Waals surface area (Å²) in [6.07, 6.45) is 12.3. The van der Waals surface area contributed by atoms with Gasteiger partial charge in [0, 0.05) is 30.9 Å². The Labute approximate surface area is 97.3 Å². The molecule has 0 aromatic carbocycles. The highest BCUT2D eigenvalue weighted by Crippen LogP contribution is 2.33. The molecule has 0 bridgehead atoms. The van der Waals surface area contributed by atoms with Crippen LogP contribution >= 0.6 is 0 Å². The largest absolute Gasteiger partial charge is 0.330 e. The lowest BCUT2D eigenvalue weighted by molar-refractivity contribution is 0.400. The van der Waals surface area contributed by atoms with Gasteiger partial charge in [0.1, 0.15) is 5.82 Å². The number of aromatic nitrogens is 2. The average molecular weight is 219 g/mol. The topological polar surface area (TPSA) is 29.9 Å². The standard InChI is InChI=1S/C13H21N3/c1-2-4-11(5-3-1)13-15-8-9-16(13)12-6-7-14-10-12/h8-9,11-12,14H,1-7,10H2. The molecule has 3 rings (SSSR count). The highest BCUT2D eigenvalue weighted by Gasteiger charge is 2.24. The van der Waals surface area contributed by atoms with Gasteiger partial charge in [0.25, 0.3) is 0 Å². The Balaban J connectivity index is 1.80. The van der Waals surface area contributed by atoms with Crippen LogP contribution in [0.1, 0.15) is 56.3 Å². The Morgan fingerprint density at radius 2 is 2.06 bits per heavy atom. The van der Waals surface area contributed by atoms with E-state index in [0.717, 1.165) is 19.0 Å². The number of rotatable bonds is 2. The molecule has 16 heavy (non-hydrogen) atoms. The molecule has 1 aliphatic heterocycles. The minimum absolute atomic E-state index is 0.652. The molecule has 1 aromatic heterocycles. The van der Waals surface area contributed by atoms with Crippen LogP contribution in [0.2, 0.25) is 0 Å². The molecule has 0 amide bonds. The number of hydrogen-bond acceptors (Lipinski definition) is 2. The van der Waals surface area contributed by atoms with E-state index in [2.05, 4.69) is 21.1 Å². The molecule has 2 fully saturated rings. The van der Waals surface area contributed by atoms with Crippen LogP contribution in [0.15, 0.2) is 12.4 Å². The second-order valence-electron chi connectivity index (χ2n) is 5.17. The summed E-state index contributed by atoms with van der Waals surface area (Å²) in [6, 6.07) is 0.652. The third-order valence-corrected chi connectivity index (χ3v) is 4.10. The molecule has 3 heteroatoms. The smallest absolute Gasteiger partial charge is 0.112 e. The summed E-state index contributed by atoms with van der Waals surface area (Å²) in [4.78, 5) is 4.62. The van der Waals surface area contributed by atoms with Gasteiger partial charge >= 0.3 is 0 Å². The maximum Gasteiger partial charge on any atom is 0.112 e. The first-order valence-electron chi connectivity index (χ1n) is 6.68. The molecule has 3 nitrogen and oxygen atoms in total. The Bertz CT molecular complexity index is 333. The summed E-state index contributed by atoms with van der Waals surface area (Å²) in [5.74, 6) is 2.08. The summed E-state index contributed by atoms with van der Waals surface area (Å²) in [5.41, 5.74) is 0. The molecule has 1 aromatic rings. The van der Waals surface area contributed by atoms with Crippen molar-refractivity contribution in [1.82, 2.24) is 14.9 Å². The Hall–Kier alpha value is -0.830. The molecule has 2 aliphatic rings. The van der Waals surface area contributed by atoms with Crippen LogP contribution in [-0.2, 0) is 0 Å². The highest BCUT2D eigenvalue weighted by atomic mass is 15.1. The van der Waals surface area contributed by atoms with Gasteiger partial charge in [-0.2, -0.15) is 0 Å². The van der Waals surface area contributed by atoms with Crippen LogP contribution in [0, 0.1) is 0 Å². The molecule has 1 N–H and O–H groups in total.